The number of Topliss-reactive ketones (excluding diaryl/α,β-unsaturated/α-hetero) is 1. The van der Waals surface area contributed by atoms with Gasteiger partial charge in [0.25, 0.3) is 11.3 Å². The molecular weight excluding hydrogens is 308 g/mol. The van der Waals surface area contributed by atoms with Crippen molar-refractivity contribution in [1.82, 2.24) is 5.17 Å². The molecule has 0 radical (unpaired) electrons. The smallest absolute Gasteiger partial charge is 0.411 e. The van der Waals surface area contributed by atoms with Gasteiger partial charge < -0.3 is 14.7 Å². The summed E-state index contributed by atoms with van der Waals surface area (Å²) in [4.78, 5) is 42.9. The van der Waals surface area contributed by atoms with Crippen molar-refractivity contribution in [2.24, 2.45) is 17.8 Å². The number of hydroxylamine groups is 1. The van der Waals surface area contributed by atoms with E-state index < -0.39 is 41.0 Å². The number of fused-ring (bicyclic) bond motifs is 7. The summed E-state index contributed by atoms with van der Waals surface area (Å²) in [6.45, 7) is 0. The maximum absolute atomic E-state index is 12.9. The third kappa shape index (κ3) is 1.37. The quantitative estimate of drug-likeness (QED) is 0.208. The minimum Gasteiger partial charge on any atom is -0.594 e. The Morgan fingerprint density at radius 2 is 2.04 bits per heavy atom. The second-order valence-electron chi connectivity index (χ2n) is 6.02. The summed E-state index contributed by atoms with van der Waals surface area (Å²) in [5.41, 5.74) is -2.74. The number of esters is 2. The summed E-state index contributed by atoms with van der Waals surface area (Å²) in [6.07, 6.45) is 4.15. The summed E-state index contributed by atoms with van der Waals surface area (Å²) in [6, 6.07) is 0. The first-order valence-corrected chi connectivity index (χ1v) is 7.19. The molecule has 4 aliphatic rings. The SMILES string of the molecule is COC(=O)C1=[N+]([O-])N2O[C@H]3[C@H]([C@@H]4C=C[C@H]3C4)[C@@]2(C(=O)OC)C1=O. The van der Waals surface area contributed by atoms with Crippen LogP contribution in [0.5, 0.6) is 0 Å². The number of carbonyl (C=O) groups is 3. The Hall–Kier alpha value is -2.42. The lowest BCUT2D eigenvalue weighted by atomic mass is 9.72. The number of carbonyl (C=O) groups excluding carboxylic acids is 3. The van der Waals surface area contributed by atoms with Crippen molar-refractivity contribution in [3.05, 3.63) is 17.4 Å². The highest BCUT2D eigenvalue weighted by molar-refractivity contribution is 6.66. The van der Waals surface area contributed by atoms with Crippen LogP contribution in [0, 0.1) is 23.0 Å². The van der Waals surface area contributed by atoms with Gasteiger partial charge in [-0.05, 0) is 22.4 Å². The molecule has 0 N–H and O–H groups in total. The van der Waals surface area contributed by atoms with E-state index in [2.05, 4.69) is 4.74 Å². The van der Waals surface area contributed by atoms with E-state index in [0.717, 1.165) is 20.6 Å². The van der Waals surface area contributed by atoms with Crippen molar-refractivity contribution in [2.75, 3.05) is 14.2 Å². The van der Waals surface area contributed by atoms with Gasteiger partial charge in [-0.1, -0.05) is 12.2 Å². The van der Waals surface area contributed by atoms with Crippen molar-refractivity contribution in [1.29, 1.82) is 0 Å². The molecule has 122 valence electrons. The molecule has 1 saturated heterocycles. The van der Waals surface area contributed by atoms with Crippen LogP contribution in [-0.4, -0.2) is 59.3 Å². The summed E-state index contributed by atoms with van der Waals surface area (Å²) in [7, 11) is 2.18. The fourth-order valence-corrected chi connectivity index (χ4v) is 4.31. The lowest BCUT2D eigenvalue weighted by Gasteiger charge is -2.28. The molecule has 2 aliphatic heterocycles. The van der Waals surface area contributed by atoms with Crippen LogP contribution in [0.2, 0.25) is 0 Å². The first-order chi connectivity index (χ1) is 11.0. The molecule has 5 atom stereocenters. The number of hydrogen-bond acceptors (Lipinski definition) is 8. The van der Waals surface area contributed by atoms with Crippen LogP contribution in [0.25, 0.3) is 0 Å². The van der Waals surface area contributed by atoms with Gasteiger partial charge in [-0.3, -0.25) is 4.79 Å². The predicted molar refractivity (Wildman–Crippen MR) is 71.3 cm³/mol. The highest BCUT2D eigenvalue weighted by atomic mass is 16.8. The Morgan fingerprint density at radius 1 is 1.35 bits per heavy atom. The number of ether oxygens (including phenoxy) is 2. The first kappa shape index (κ1) is 14.2. The average Bonchev–Trinajstić information content (AvgIpc) is 3.26. The first-order valence-electron chi connectivity index (χ1n) is 7.19. The maximum atomic E-state index is 12.9. The van der Waals surface area contributed by atoms with E-state index in [-0.39, 0.29) is 16.7 Å². The zero-order valence-corrected chi connectivity index (χ0v) is 12.4. The van der Waals surface area contributed by atoms with Gasteiger partial charge in [0.2, 0.25) is 0 Å². The Morgan fingerprint density at radius 3 is 2.70 bits per heavy atom. The summed E-state index contributed by atoms with van der Waals surface area (Å²) >= 11 is 0. The molecule has 0 aromatic carbocycles. The van der Waals surface area contributed by atoms with Gasteiger partial charge in [0.05, 0.1) is 14.2 Å². The van der Waals surface area contributed by atoms with Gasteiger partial charge in [0, 0.05) is 11.8 Å². The molecule has 4 rings (SSSR count). The van der Waals surface area contributed by atoms with E-state index in [1.807, 2.05) is 12.2 Å². The Balaban J connectivity index is 1.88. The summed E-state index contributed by atoms with van der Waals surface area (Å²) in [5.74, 6) is -3.59. The fraction of sp³-hybridized carbons (Fsp3) is 0.571. The molecule has 23 heavy (non-hydrogen) atoms. The second-order valence-corrected chi connectivity index (χ2v) is 6.02. The standard InChI is InChI=1S/C14H14N2O7/c1-21-12(18)9-11(17)14(13(19)22-2)8-6-3-4-7(5-6)10(8)23-16(14)15(9)20/h3-4,6-8,10H,5H2,1-2H3/t6-,7+,8+,10-,14+/m1/s1. The van der Waals surface area contributed by atoms with E-state index in [0.29, 0.717) is 5.17 Å². The summed E-state index contributed by atoms with van der Waals surface area (Å²) < 4.78 is 9.28. The second kappa shape index (κ2) is 4.31. The zero-order chi connectivity index (χ0) is 16.5. The molecule has 2 bridgehead atoms. The maximum Gasteiger partial charge on any atom is 0.411 e. The lowest BCUT2D eigenvalue weighted by molar-refractivity contribution is -0.716. The third-order valence-corrected chi connectivity index (χ3v) is 5.19. The molecule has 2 fully saturated rings. The predicted octanol–water partition coefficient (Wildman–Crippen LogP) is -1.04. The van der Waals surface area contributed by atoms with Gasteiger partial charge in [0.15, 0.2) is 0 Å². The van der Waals surface area contributed by atoms with Crippen LogP contribution in [-0.2, 0) is 28.7 Å². The minimum absolute atomic E-state index is 0.0167. The minimum atomic E-state index is -1.96. The van der Waals surface area contributed by atoms with Crippen LogP contribution in [0.1, 0.15) is 6.42 Å². The van der Waals surface area contributed by atoms with E-state index in [9.17, 15) is 19.6 Å². The molecule has 0 aromatic rings. The molecule has 2 heterocycles. The number of methoxy groups -OCH3 is 2. The van der Waals surface area contributed by atoms with Gasteiger partial charge in [-0.2, -0.15) is 0 Å². The van der Waals surface area contributed by atoms with Crippen LogP contribution >= 0.6 is 0 Å². The van der Waals surface area contributed by atoms with Crippen LogP contribution < -0.4 is 0 Å². The number of hydrogen-bond donors (Lipinski definition) is 0. The van der Waals surface area contributed by atoms with E-state index >= 15 is 0 Å². The van der Waals surface area contributed by atoms with Crippen LogP contribution in [0.15, 0.2) is 12.2 Å². The molecular formula is C14H14N2O7. The largest absolute Gasteiger partial charge is 0.594 e. The van der Waals surface area contributed by atoms with Gasteiger partial charge in [-0.15, -0.1) is 0 Å². The average molecular weight is 322 g/mol. The topological polar surface area (TPSA) is 108 Å². The van der Waals surface area contributed by atoms with Crippen molar-refractivity contribution < 1.29 is 33.5 Å². The van der Waals surface area contributed by atoms with Crippen molar-refractivity contribution in [2.45, 2.75) is 18.1 Å². The number of hydrazine groups is 1. The number of nitrogens with zero attached hydrogens (tertiary/aromatic N) is 2. The third-order valence-electron chi connectivity index (χ3n) is 5.19. The number of rotatable bonds is 2. The number of hydrazone groups is 1. The molecule has 1 saturated carbocycles. The number of allylic oxidation sites excluding steroid dienone is 1. The van der Waals surface area contributed by atoms with Crippen LogP contribution in [0.4, 0.5) is 0 Å². The zero-order valence-electron chi connectivity index (χ0n) is 12.4. The molecule has 0 spiro atoms. The molecule has 0 unspecified atom stereocenters. The molecule has 0 amide bonds. The Bertz CT molecular complexity index is 699. The fourth-order valence-electron chi connectivity index (χ4n) is 4.31. The highest BCUT2D eigenvalue weighted by Gasteiger charge is 2.80. The molecule has 0 aromatic heterocycles. The van der Waals surface area contributed by atoms with Crippen molar-refractivity contribution in [3.63, 3.8) is 0 Å². The highest BCUT2D eigenvalue weighted by Crippen LogP contribution is 2.57. The van der Waals surface area contributed by atoms with Gasteiger partial charge in [0.1, 0.15) is 6.10 Å². The van der Waals surface area contributed by atoms with Crippen molar-refractivity contribution >= 4 is 23.4 Å². The van der Waals surface area contributed by atoms with E-state index in [4.69, 9.17) is 9.57 Å². The van der Waals surface area contributed by atoms with Gasteiger partial charge in [-0.25, -0.2) is 14.4 Å². The monoisotopic (exact) mass is 322 g/mol. The molecule has 9 heteroatoms. The summed E-state index contributed by atoms with van der Waals surface area (Å²) in [5, 5.41) is 13.1. The van der Waals surface area contributed by atoms with Crippen LogP contribution in [0.3, 0.4) is 0 Å². The number of ketones is 1. The Labute approximate surface area is 130 Å². The molecule has 9 nitrogen and oxygen atoms in total. The van der Waals surface area contributed by atoms with E-state index in [1.54, 1.807) is 0 Å². The Kier molecular flexibility index (Phi) is 2.66. The normalized spacial score (nSPS) is 39.7. The van der Waals surface area contributed by atoms with E-state index in [1.165, 1.54) is 0 Å². The van der Waals surface area contributed by atoms with Gasteiger partial charge >= 0.3 is 17.7 Å². The van der Waals surface area contributed by atoms with Crippen molar-refractivity contribution in [3.8, 4) is 0 Å². The molecule has 2 aliphatic carbocycles. The lowest BCUT2D eigenvalue weighted by Crippen LogP contribution is -2.60.